The molecule has 0 aromatic carbocycles. The quantitative estimate of drug-likeness (QED) is 0.878. The lowest BCUT2D eigenvalue weighted by Crippen LogP contribution is -2.48. The number of hydrogen-bond acceptors (Lipinski definition) is 5. The summed E-state index contributed by atoms with van der Waals surface area (Å²) in [6.07, 6.45) is 4.56. The summed E-state index contributed by atoms with van der Waals surface area (Å²) in [7, 11) is 1.83. The fourth-order valence-corrected chi connectivity index (χ4v) is 2.65. The zero-order valence-electron chi connectivity index (χ0n) is 11.4. The van der Waals surface area contributed by atoms with E-state index in [0.29, 0.717) is 18.7 Å². The number of carboxylic acids is 1. The van der Waals surface area contributed by atoms with Crippen LogP contribution in [0.3, 0.4) is 0 Å². The van der Waals surface area contributed by atoms with E-state index in [2.05, 4.69) is 20.6 Å². The van der Waals surface area contributed by atoms with E-state index < -0.39 is 11.5 Å². The predicted octanol–water partition coefficient (Wildman–Crippen LogP) is 0.600. The zero-order chi connectivity index (χ0) is 14.3. The maximum atomic E-state index is 11.6. The molecule has 1 fully saturated rings. The summed E-state index contributed by atoms with van der Waals surface area (Å²) < 4.78 is 3.15. The van der Waals surface area contributed by atoms with Gasteiger partial charge in [-0.25, -0.2) is 9.48 Å². The Kier molecular flexibility index (Phi) is 2.81. The number of rotatable bonds is 4. The monoisotopic (exact) mass is 276 g/mol. The van der Waals surface area contributed by atoms with Crippen LogP contribution in [-0.4, -0.2) is 41.1 Å². The van der Waals surface area contributed by atoms with Crippen molar-refractivity contribution in [2.75, 3.05) is 0 Å². The van der Waals surface area contributed by atoms with Crippen LogP contribution in [0.4, 0.5) is 0 Å². The fraction of sp³-hybridized carbons (Fsp3) is 0.583. The minimum Gasteiger partial charge on any atom is -0.479 e. The van der Waals surface area contributed by atoms with Gasteiger partial charge in [0, 0.05) is 13.2 Å². The summed E-state index contributed by atoms with van der Waals surface area (Å²) >= 11 is 0. The van der Waals surface area contributed by atoms with Gasteiger partial charge in [-0.3, -0.25) is 4.68 Å². The van der Waals surface area contributed by atoms with E-state index in [1.54, 1.807) is 4.68 Å². The first-order valence-electron chi connectivity index (χ1n) is 6.63. The summed E-state index contributed by atoms with van der Waals surface area (Å²) in [4.78, 5) is 11.6. The van der Waals surface area contributed by atoms with Crippen molar-refractivity contribution in [3.05, 3.63) is 11.9 Å². The summed E-state index contributed by atoms with van der Waals surface area (Å²) in [5, 5.41) is 25.5. The van der Waals surface area contributed by atoms with Gasteiger partial charge in [-0.1, -0.05) is 6.92 Å². The first-order chi connectivity index (χ1) is 9.58. The van der Waals surface area contributed by atoms with Crippen molar-refractivity contribution in [2.45, 2.75) is 38.1 Å². The van der Waals surface area contributed by atoms with Crippen molar-refractivity contribution in [1.29, 1.82) is 0 Å². The van der Waals surface area contributed by atoms with Crippen LogP contribution < -0.4 is 0 Å². The van der Waals surface area contributed by atoms with E-state index in [-0.39, 0.29) is 0 Å². The van der Waals surface area contributed by atoms with E-state index in [1.807, 2.05) is 20.2 Å². The molecule has 0 atom stereocenters. The van der Waals surface area contributed by atoms with Crippen molar-refractivity contribution >= 4 is 5.97 Å². The molecular weight excluding hydrogens is 260 g/mol. The molecular formula is C12H16N6O2. The lowest BCUT2D eigenvalue weighted by atomic mass is 9.76. The van der Waals surface area contributed by atoms with Gasteiger partial charge < -0.3 is 5.11 Å². The number of carbonyl (C=O) groups is 1. The number of aliphatic carboxylic acids is 1. The third kappa shape index (κ3) is 1.64. The highest BCUT2D eigenvalue weighted by molar-refractivity contribution is 5.78. The first-order valence-corrected chi connectivity index (χ1v) is 6.63. The van der Waals surface area contributed by atoms with E-state index >= 15 is 0 Å². The predicted molar refractivity (Wildman–Crippen MR) is 68.9 cm³/mol. The average molecular weight is 276 g/mol. The molecule has 0 aliphatic heterocycles. The molecule has 8 nitrogen and oxygen atoms in total. The number of hydrogen-bond donors (Lipinski definition) is 1. The Bertz CT molecular complexity index is 655. The minimum absolute atomic E-state index is 0.483. The van der Waals surface area contributed by atoms with Gasteiger partial charge in [0.2, 0.25) is 0 Å². The molecule has 0 saturated heterocycles. The third-order valence-corrected chi connectivity index (χ3v) is 3.93. The molecule has 2 aromatic rings. The van der Waals surface area contributed by atoms with E-state index in [0.717, 1.165) is 24.1 Å². The first kappa shape index (κ1) is 12.8. The van der Waals surface area contributed by atoms with Gasteiger partial charge in [0.15, 0.2) is 11.4 Å². The lowest BCUT2D eigenvalue weighted by molar-refractivity contribution is -0.153. The van der Waals surface area contributed by atoms with Gasteiger partial charge in [-0.05, 0) is 36.1 Å². The molecule has 0 amide bonds. The Morgan fingerprint density at radius 2 is 2.25 bits per heavy atom. The second kappa shape index (κ2) is 4.39. The molecule has 1 aliphatic carbocycles. The number of aryl methyl sites for hydroxylation is 2. The molecule has 0 bridgehead atoms. The molecule has 0 unspecified atom stereocenters. The van der Waals surface area contributed by atoms with E-state index in [9.17, 15) is 9.90 Å². The summed E-state index contributed by atoms with van der Waals surface area (Å²) in [6, 6.07) is 0. The third-order valence-electron chi connectivity index (χ3n) is 3.93. The second-order valence-corrected chi connectivity index (χ2v) is 5.12. The molecule has 2 aromatic heterocycles. The Morgan fingerprint density at radius 1 is 1.50 bits per heavy atom. The smallest absolute Gasteiger partial charge is 0.331 e. The highest BCUT2D eigenvalue weighted by Crippen LogP contribution is 2.41. The largest absolute Gasteiger partial charge is 0.479 e. The summed E-state index contributed by atoms with van der Waals surface area (Å²) in [6.45, 7) is 2.00. The topological polar surface area (TPSA) is 98.7 Å². The molecule has 8 heteroatoms. The summed E-state index contributed by atoms with van der Waals surface area (Å²) in [5.41, 5.74) is 0.663. The molecule has 3 rings (SSSR count). The van der Waals surface area contributed by atoms with Crippen molar-refractivity contribution in [3.63, 3.8) is 0 Å². The van der Waals surface area contributed by atoms with Crippen molar-refractivity contribution < 1.29 is 9.90 Å². The van der Waals surface area contributed by atoms with Crippen LogP contribution in [0.5, 0.6) is 0 Å². The fourth-order valence-electron chi connectivity index (χ4n) is 2.65. The van der Waals surface area contributed by atoms with Gasteiger partial charge in [0.25, 0.3) is 0 Å². The molecule has 1 N–H and O–H groups in total. The average Bonchev–Trinajstić information content (AvgIpc) is 2.93. The molecule has 20 heavy (non-hydrogen) atoms. The van der Waals surface area contributed by atoms with E-state index in [1.165, 1.54) is 4.68 Å². The van der Waals surface area contributed by atoms with Gasteiger partial charge in [-0.15, -0.1) is 5.10 Å². The maximum absolute atomic E-state index is 11.6. The van der Waals surface area contributed by atoms with Crippen molar-refractivity contribution in [2.24, 2.45) is 7.05 Å². The molecule has 1 aliphatic rings. The highest BCUT2D eigenvalue weighted by atomic mass is 16.4. The molecule has 106 valence electrons. The Balaban J connectivity index is 2.13. The van der Waals surface area contributed by atoms with Gasteiger partial charge in [0.05, 0.1) is 11.3 Å². The second-order valence-electron chi connectivity index (χ2n) is 5.12. The molecule has 2 heterocycles. The van der Waals surface area contributed by atoms with Crippen LogP contribution in [0.25, 0.3) is 11.4 Å². The van der Waals surface area contributed by atoms with Gasteiger partial charge >= 0.3 is 5.97 Å². The zero-order valence-corrected chi connectivity index (χ0v) is 11.4. The van der Waals surface area contributed by atoms with Crippen LogP contribution in [-0.2, 0) is 23.8 Å². The number of tetrazole rings is 1. The normalized spacial score (nSPS) is 16.9. The van der Waals surface area contributed by atoms with E-state index in [4.69, 9.17) is 0 Å². The van der Waals surface area contributed by atoms with Gasteiger partial charge in [0.1, 0.15) is 0 Å². The van der Waals surface area contributed by atoms with Crippen LogP contribution in [0.2, 0.25) is 0 Å². The number of carboxylic acid groups (broad SMARTS) is 1. The Hall–Kier alpha value is -2.25. The molecule has 0 radical (unpaired) electrons. The molecule has 1 saturated carbocycles. The molecule has 0 spiro atoms. The van der Waals surface area contributed by atoms with Crippen molar-refractivity contribution in [1.82, 2.24) is 30.0 Å². The van der Waals surface area contributed by atoms with Crippen LogP contribution >= 0.6 is 0 Å². The van der Waals surface area contributed by atoms with Crippen molar-refractivity contribution in [3.8, 4) is 11.4 Å². The van der Waals surface area contributed by atoms with Gasteiger partial charge in [-0.2, -0.15) is 5.10 Å². The SMILES string of the molecule is CCc1nn(C)cc1-c1nnnn1C1(C(=O)O)CCC1. The lowest BCUT2D eigenvalue weighted by Gasteiger charge is -2.37. The number of nitrogens with zero attached hydrogens (tertiary/aromatic N) is 6. The van der Waals surface area contributed by atoms with Crippen LogP contribution in [0, 0.1) is 0 Å². The maximum Gasteiger partial charge on any atom is 0.331 e. The number of aromatic nitrogens is 6. The van der Waals surface area contributed by atoms with Crippen LogP contribution in [0.1, 0.15) is 31.9 Å². The Morgan fingerprint density at radius 3 is 2.80 bits per heavy atom. The summed E-state index contributed by atoms with van der Waals surface area (Å²) in [5.74, 6) is -0.392. The van der Waals surface area contributed by atoms with Crippen LogP contribution in [0.15, 0.2) is 6.20 Å². The highest BCUT2D eigenvalue weighted by Gasteiger charge is 2.49. The minimum atomic E-state index is -1.00. The Labute approximate surface area is 115 Å². The standard InChI is InChI=1S/C12H16N6O2/c1-3-9-8(7-17(2)14-9)10-13-15-16-18(10)12(11(19)20)5-4-6-12/h7H,3-6H2,1-2H3,(H,19,20).